The van der Waals surface area contributed by atoms with Crippen LogP contribution in [-0.2, 0) is 20.7 Å². The largest absolute Gasteiger partial charge is 0.495 e. The summed E-state index contributed by atoms with van der Waals surface area (Å²) >= 11 is 1.48. The topological polar surface area (TPSA) is 64.6 Å². The molecule has 0 aliphatic heterocycles. The molecule has 0 radical (unpaired) electrons. The number of nitrogens with one attached hydrogen (secondary N) is 1. The molecule has 116 valence electrons. The Bertz CT molecular complexity index is 639. The van der Waals surface area contributed by atoms with Crippen LogP contribution in [0.3, 0.4) is 0 Å². The Morgan fingerprint density at radius 2 is 2.00 bits per heavy atom. The van der Waals surface area contributed by atoms with E-state index >= 15 is 0 Å². The lowest BCUT2D eigenvalue weighted by atomic mass is 10.2. The van der Waals surface area contributed by atoms with E-state index in [4.69, 9.17) is 9.47 Å². The van der Waals surface area contributed by atoms with Gasteiger partial charge in [-0.15, -0.1) is 11.3 Å². The van der Waals surface area contributed by atoms with Gasteiger partial charge in [0.05, 0.1) is 19.2 Å². The Morgan fingerprint density at radius 3 is 2.68 bits per heavy atom. The van der Waals surface area contributed by atoms with Gasteiger partial charge in [0.15, 0.2) is 6.10 Å². The molecule has 6 heteroatoms. The average Bonchev–Trinajstić information content (AvgIpc) is 3.00. The molecule has 0 aliphatic rings. The van der Waals surface area contributed by atoms with Crippen LogP contribution in [0.2, 0.25) is 0 Å². The molecule has 0 aliphatic carbocycles. The van der Waals surface area contributed by atoms with Crippen molar-refractivity contribution in [3.05, 3.63) is 46.7 Å². The van der Waals surface area contributed by atoms with Crippen LogP contribution >= 0.6 is 11.3 Å². The minimum atomic E-state index is -0.877. The molecule has 1 aromatic carbocycles. The van der Waals surface area contributed by atoms with E-state index in [1.165, 1.54) is 25.4 Å². The van der Waals surface area contributed by atoms with Crippen molar-refractivity contribution in [2.75, 3.05) is 12.4 Å². The third kappa shape index (κ3) is 4.33. The van der Waals surface area contributed by atoms with Gasteiger partial charge in [-0.3, -0.25) is 9.59 Å². The summed E-state index contributed by atoms with van der Waals surface area (Å²) in [6.07, 6.45) is -0.707. The predicted octanol–water partition coefficient (Wildman–Crippen LogP) is 2.87. The maximum absolute atomic E-state index is 12.1. The minimum Gasteiger partial charge on any atom is -0.495 e. The van der Waals surface area contributed by atoms with Crippen LogP contribution in [0.1, 0.15) is 11.8 Å². The second kappa shape index (κ2) is 7.61. The summed E-state index contributed by atoms with van der Waals surface area (Å²) in [5.41, 5.74) is 0.538. The van der Waals surface area contributed by atoms with Crippen molar-refractivity contribution in [1.29, 1.82) is 0 Å². The zero-order valence-corrected chi connectivity index (χ0v) is 13.2. The molecule has 1 heterocycles. The quantitative estimate of drug-likeness (QED) is 0.832. The average molecular weight is 319 g/mol. The summed E-state index contributed by atoms with van der Waals surface area (Å²) in [6.45, 7) is 1.54. The summed E-state index contributed by atoms with van der Waals surface area (Å²) < 4.78 is 10.3. The molecule has 0 saturated carbocycles. The van der Waals surface area contributed by atoms with Crippen molar-refractivity contribution in [1.82, 2.24) is 0 Å². The van der Waals surface area contributed by atoms with Crippen LogP contribution in [0.15, 0.2) is 41.8 Å². The van der Waals surface area contributed by atoms with Gasteiger partial charge in [-0.25, -0.2) is 0 Å². The van der Waals surface area contributed by atoms with E-state index in [1.807, 2.05) is 17.5 Å². The maximum atomic E-state index is 12.1. The van der Waals surface area contributed by atoms with E-state index in [0.717, 1.165) is 4.88 Å². The number of amides is 1. The summed E-state index contributed by atoms with van der Waals surface area (Å²) in [6, 6.07) is 10.8. The van der Waals surface area contributed by atoms with Crippen LogP contribution in [0, 0.1) is 0 Å². The molecule has 1 amide bonds. The van der Waals surface area contributed by atoms with Crippen molar-refractivity contribution in [2.24, 2.45) is 0 Å². The van der Waals surface area contributed by atoms with Crippen molar-refractivity contribution in [3.8, 4) is 5.75 Å². The Morgan fingerprint density at radius 1 is 1.23 bits per heavy atom. The lowest BCUT2D eigenvalue weighted by Crippen LogP contribution is -2.30. The van der Waals surface area contributed by atoms with Crippen LogP contribution < -0.4 is 10.1 Å². The highest BCUT2D eigenvalue weighted by Gasteiger charge is 2.19. The molecule has 0 saturated heterocycles. The van der Waals surface area contributed by atoms with Gasteiger partial charge in [-0.05, 0) is 30.5 Å². The molecular formula is C16H17NO4S. The summed E-state index contributed by atoms with van der Waals surface area (Å²) in [5, 5.41) is 4.58. The number of para-hydroxylation sites is 2. The third-order valence-corrected chi connectivity index (χ3v) is 3.82. The van der Waals surface area contributed by atoms with Gasteiger partial charge in [-0.2, -0.15) is 0 Å². The van der Waals surface area contributed by atoms with Gasteiger partial charge in [0.1, 0.15) is 5.75 Å². The van der Waals surface area contributed by atoms with Crippen molar-refractivity contribution >= 4 is 28.9 Å². The number of benzene rings is 1. The number of hydrogen-bond acceptors (Lipinski definition) is 5. The molecular weight excluding hydrogens is 302 g/mol. The zero-order valence-electron chi connectivity index (χ0n) is 12.4. The number of rotatable bonds is 6. The number of hydrogen-bond donors (Lipinski definition) is 1. The van der Waals surface area contributed by atoms with Crippen LogP contribution in [-0.4, -0.2) is 25.1 Å². The first-order chi connectivity index (χ1) is 10.6. The monoisotopic (exact) mass is 319 g/mol. The van der Waals surface area contributed by atoms with Gasteiger partial charge in [0.2, 0.25) is 0 Å². The van der Waals surface area contributed by atoms with E-state index in [1.54, 1.807) is 24.3 Å². The highest BCUT2D eigenvalue weighted by molar-refractivity contribution is 7.10. The molecule has 22 heavy (non-hydrogen) atoms. The van der Waals surface area contributed by atoms with E-state index < -0.39 is 18.0 Å². The number of carbonyl (C=O) groups excluding carboxylic acids is 2. The Hall–Kier alpha value is -2.34. The van der Waals surface area contributed by atoms with Gasteiger partial charge >= 0.3 is 5.97 Å². The number of esters is 1. The number of anilines is 1. The highest BCUT2D eigenvalue weighted by Crippen LogP contribution is 2.23. The van der Waals surface area contributed by atoms with E-state index in [2.05, 4.69) is 5.32 Å². The molecule has 5 nitrogen and oxygen atoms in total. The van der Waals surface area contributed by atoms with Crippen molar-refractivity contribution < 1.29 is 19.1 Å². The second-order valence-corrected chi connectivity index (χ2v) is 5.61. The number of methoxy groups -OCH3 is 1. The predicted molar refractivity (Wildman–Crippen MR) is 85.2 cm³/mol. The maximum Gasteiger partial charge on any atom is 0.311 e. The second-order valence-electron chi connectivity index (χ2n) is 4.58. The standard InChI is InChI=1S/C16H17NO4S/c1-11(21-15(18)10-12-6-5-9-22-12)16(19)17-13-7-3-4-8-14(13)20-2/h3-9,11H,10H2,1-2H3,(H,17,19)/t11-/m0/s1. The molecule has 0 fully saturated rings. The Balaban J connectivity index is 1.90. The fourth-order valence-electron chi connectivity index (χ4n) is 1.83. The molecule has 1 N–H and O–H groups in total. The van der Waals surface area contributed by atoms with E-state index in [0.29, 0.717) is 11.4 Å². The molecule has 1 aromatic heterocycles. The molecule has 2 aromatic rings. The lowest BCUT2D eigenvalue weighted by Gasteiger charge is -2.15. The SMILES string of the molecule is COc1ccccc1NC(=O)[C@H](C)OC(=O)Cc1cccs1. The summed E-state index contributed by atoms with van der Waals surface area (Å²) in [5.74, 6) is -0.276. The summed E-state index contributed by atoms with van der Waals surface area (Å²) in [4.78, 5) is 24.8. The fraction of sp³-hybridized carbons (Fsp3) is 0.250. The first kappa shape index (κ1) is 16.0. The zero-order chi connectivity index (χ0) is 15.9. The molecule has 1 atom stereocenters. The Kier molecular flexibility index (Phi) is 5.55. The van der Waals surface area contributed by atoms with E-state index in [-0.39, 0.29) is 6.42 Å². The van der Waals surface area contributed by atoms with Crippen molar-refractivity contribution in [3.63, 3.8) is 0 Å². The molecule has 2 rings (SSSR count). The van der Waals surface area contributed by atoms with Gasteiger partial charge in [0, 0.05) is 4.88 Å². The van der Waals surface area contributed by atoms with Gasteiger partial charge in [0.25, 0.3) is 5.91 Å². The highest BCUT2D eigenvalue weighted by atomic mass is 32.1. The number of thiophene rings is 1. The molecule has 0 unspecified atom stereocenters. The lowest BCUT2D eigenvalue weighted by molar-refractivity contribution is -0.152. The van der Waals surface area contributed by atoms with E-state index in [9.17, 15) is 9.59 Å². The van der Waals surface area contributed by atoms with Gasteiger partial charge in [-0.1, -0.05) is 18.2 Å². The minimum absolute atomic E-state index is 0.171. The van der Waals surface area contributed by atoms with Crippen LogP contribution in [0.4, 0.5) is 5.69 Å². The smallest absolute Gasteiger partial charge is 0.311 e. The van der Waals surface area contributed by atoms with Crippen LogP contribution in [0.25, 0.3) is 0 Å². The first-order valence-corrected chi connectivity index (χ1v) is 7.64. The Labute approximate surface area is 132 Å². The third-order valence-electron chi connectivity index (χ3n) is 2.94. The first-order valence-electron chi connectivity index (χ1n) is 6.76. The normalized spacial score (nSPS) is 11.5. The number of carbonyl (C=O) groups is 2. The summed E-state index contributed by atoms with van der Waals surface area (Å²) in [7, 11) is 1.52. The van der Waals surface area contributed by atoms with Crippen molar-refractivity contribution in [2.45, 2.75) is 19.4 Å². The molecule has 0 spiro atoms. The molecule has 0 bridgehead atoms. The van der Waals surface area contributed by atoms with Gasteiger partial charge < -0.3 is 14.8 Å². The fourth-order valence-corrected chi connectivity index (χ4v) is 2.52. The number of ether oxygens (including phenoxy) is 2. The van der Waals surface area contributed by atoms with Crippen LogP contribution in [0.5, 0.6) is 5.75 Å².